The van der Waals surface area contributed by atoms with Crippen molar-refractivity contribution in [1.29, 1.82) is 0 Å². The molecule has 5 heteroatoms. The zero-order valence-electron chi connectivity index (χ0n) is 12.5. The summed E-state index contributed by atoms with van der Waals surface area (Å²) in [6.07, 6.45) is 2.30. The van der Waals surface area contributed by atoms with E-state index in [9.17, 15) is 4.79 Å². The average Bonchev–Trinajstić information content (AvgIpc) is 2.90. The number of benzene rings is 1. The fourth-order valence-corrected chi connectivity index (χ4v) is 3.28. The highest BCUT2D eigenvalue weighted by Gasteiger charge is 2.36. The number of hydrogen-bond donors (Lipinski definition) is 1. The van der Waals surface area contributed by atoms with Crippen LogP contribution in [0, 0.1) is 0 Å². The Morgan fingerprint density at radius 2 is 2.00 bits per heavy atom. The number of amides is 2. The van der Waals surface area contributed by atoms with Gasteiger partial charge < -0.3 is 15.1 Å². The van der Waals surface area contributed by atoms with Crippen LogP contribution in [-0.4, -0.2) is 48.1 Å². The molecule has 2 amide bonds. The molecule has 2 saturated heterocycles. The summed E-state index contributed by atoms with van der Waals surface area (Å²) in [6.45, 7) is 5.85. The van der Waals surface area contributed by atoms with E-state index in [-0.39, 0.29) is 24.5 Å². The Bertz CT molecular complexity index is 462. The summed E-state index contributed by atoms with van der Waals surface area (Å²) in [6, 6.07) is 11.0. The third-order valence-electron chi connectivity index (χ3n) is 4.53. The van der Waals surface area contributed by atoms with Crippen molar-refractivity contribution in [2.45, 2.75) is 31.8 Å². The summed E-state index contributed by atoms with van der Waals surface area (Å²) in [7, 11) is 0. The third kappa shape index (κ3) is 3.33. The van der Waals surface area contributed by atoms with Gasteiger partial charge in [0, 0.05) is 25.7 Å². The Morgan fingerprint density at radius 3 is 2.67 bits per heavy atom. The first-order chi connectivity index (χ1) is 9.77. The quantitative estimate of drug-likeness (QED) is 0.932. The zero-order valence-corrected chi connectivity index (χ0v) is 13.3. The van der Waals surface area contributed by atoms with E-state index in [2.05, 4.69) is 29.3 Å². The fourth-order valence-electron chi connectivity index (χ4n) is 3.28. The van der Waals surface area contributed by atoms with Crippen LogP contribution >= 0.6 is 12.4 Å². The second-order valence-electron chi connectivity index (χ2n) is 5.76. The molecule has 0 aliphatic carbocycles. The largest absolute Gasteiger partial charge is 0.320 e. The van der Waals surface area contributed by atoms with Crippen LogP contribution in [0.25, 0.3) is 0 Å². The standard InChI is InChI=1S/C16H23N3O.ClH/c1-13(14-6-3-2-4-7-14)18-10-11-19(16(18)20)15-8-5-9-17-12-15;/h2-4,6-7,13,15,17H,5,8-12H2,1H3;1H/t13?,15-;/m0./s1. The first-order valence-electron chi connectivity index (χ1n) is 7.60. The highest BCUT2D eigenvalue weighted by Crippen LogP contribution is 2.26. The van der Waals surface area contributed by atoms with E-state index >= 15 is 0 Å². The van der Waals surface area contributed by atoms with Crippen LogP contribution in [0.15, 0.2) is 30.3 Å². The molecule has 0 aromatic heterocycles. The molecule has 2 fully saturated rings. The van der Waals surface area contributed by atoms with E-state index in [0.29, 0.717) is 6.04 Å². The summed E-state index contributed by atoms with van der Waals surface area (Å²) in [5, 5.41) is 3.40. The molecule has 1 aromatic rings. The van der Waals surface area contributed by atoms with Gasteiger partial charge in [0.05, 0.1) is 6.04 Å². The Morgan fingerprint density at radius 1 is 1.24 bits per heavy atom. The molecule has 3 rings (SSSR count). The first kappa shape index (κ1) is 16.1. The monoisotopic (exact) mass is 309 g/mol. The lowest BCUT2D eigenvalue weighted by molar-refractivity contribution is 0.159. The predicted octanol–water partition coefficient (Wildman–Crippen LogP) is 2.66. The second kappa shape index (κ2) is 7.14. The summed E-state index contributed by atoms with van der Waals surface area (Å²) in [5.41, 5.74) is 1.21. The number of nitrogens with one attached hydrogen (secondary N) is 1. The lowest BCUT2D eigenvalue weighted by Gasteiger charge is -2.32. The molecular formula is C16H24ClN3O. The minimum absolute atomic E-state index is 0. The molecule has 2 aliphatic heterocycles. The Balaban J connectivity index is 0.00000161. The zero-order chi connectivity index (χ0) is 13.9. The maximum Gasteiger partial charge on any atom is 0.320 e. The Hall–Kier alpha value is -1.26. The molecule has 1 unspecified atom stereocenters. The van der Waals surface area contributed by atoms with Gasteiger partial charge in [-0.15, -0.1) is 12.4 Å². The highest BCUT2D eigenvalue weighted by molar-refractivity contribution is 5.85. The van der Waals surface area contributed by atoms with Crippen molar-refractivity contribution in [3.8, 4) is 0 Å². The molecule has 2 aliphatic rings. The molecule has 21 heavy (non-hydrogen) atoms. The van der Waals surface area contributed by atoms with E-state index in [1.54, 1.807) is 0 Å². The van der Waals surface area contributed by atoms with Crippen LogP contribution in [0.2, 0.25) is 0 Å². The molecule has 2 atom stereocenters. The highest BCUT2D eigenvalue weighted by atomic mass is 35.5. The lowest BCUT2D eigenvalue weighted by atomic mass is 10.1. The van der Waals surface area contributed by atoms with Gasteiger partial charge in [-0.1, -0.05) is 30.3 Å². The molecule has 2 heterocycles. The molecule has 1 N–H and O–H groups in total. The number of urea groups is 1. The van der Waals surface area contributed by atoms with Gasteiger partial charge in [-0.2, -0.15) is 0 Å². The number of rotatable bonds is 3. The van der Waals surface area contributed by atoms with Crippen molar-refractivity contribution in [2.75, 3.05) is 26.2 Å². The van der Waals surface area contributed by atoms with Crippen molar-refractivity contribution < 1.29 is 4.79 Å². The summed E-state index contributed by atoms with van der Waals surface area (Å²) in [5.74, 6) is 0. The molecule has 4 nitrogen and oxygen atoms in total. The van der Waals surface area contributed by atoms with Crippen molar-refractivity contribution in [3.05, 3.63) is 35.9 Å². The van der Waals surface area contributed by atoms with Crippen LogP contribution in [0.4, 0.5) is 4.79 Å². The van der Waals surface area contributed by atoms with Crippen LogP contribution in [0.3, 0.4) is 0 Å². The molecular weight excluding hydrogens is 286 g/mol. The number of halogens is 1. The minimum Gasteiger partial charge on any atom is -0.319 e. The fraction of sp³-hybridized carbons (Fsp3) is 0.562. The number of piperidine rings is 1. The van der Waals surface area contributed by atoms with E-state index in [1.807, 2.05) is 23.1 Å². The third-order valence-corrected chi connectivity index (χ3v) is 4.53. The van der Waals surface area contributed by atoms with Gasteiger partial charge in [-0.25, -0.2) is 4.79 Å². The van der Waals surface area contributed by atoms with Gasteiger partial charge in [0.15, 0.2) is 0 Å². The molecule has 0 bridgehead atoms. The lowest BCUT2D eigenvalue weighted by Crippen LogP contribution is -2.47. The average molecular weight is 310 g/mol. The van der Waals surface area contributed by atoms with Crippen molar-refractivity contribution in [1.82, 2.24) is 15.1 Å². The van der Waals surface area contributed by atoms with Gasteiger partial charge in [0.1, 0.15) is 0 Å². The number of hydrogen-bond acceptors (Lipinski definition) is 2. The van der Waals surface area contributed by atoms with Gasteiger partial charge in [0.25, 0.3) is 0 Å². The van der Waals surface area contributed by atoms with Crippen molar-refractivity contribution in [2.24, 2.45) is 0 Å². The summed E-state index contributed by atoms with van der Waals surface area (Å²) < 4.78 is 0. The number of carbonyl (C=O) groups excluding carboxylic acids is 1. The van der Waals surface area contributed by atoms with E-state index in [1.165, 1.54) is 12.0 Å². The molecule has 1 aromatic carbocycles. The molecule has 0 saturated carbocycles. The van der Waals surface area contributed by atoms with Crippen LogP contribution in [0.1, 0.15) is 31.4 Å². The van der Waals surface area contributed by atoms with Crippen molar-refractivity contribution >= 4 is 18.4 Å². The van der Waals surface area contributed by atoms with E-state index in [4.69, 9.17) is 0 Å². The number of nitrogens with zero attached hydrogens (tertiary/aromatic N) is 2. The molecule has 0 spiro atoms. The predicted molar refractivity (Wildman–Crippen MR) is 86.8 cm³/mol. The van der Waals surface area contributed by atoms with Crippen LogP contribution in [0.5, 0.6) is 0 Å². The Kier molecular flexibility index (Phi) is 5.48. The number of carbonyl (C=O) groups is 1. The molecule has 116 valence electrons. The van der Waals surface area contributed by atoms with Gasteiger partial charge >= 0.3 is 6.03 Å². The summed E-state index contributed by atoms with van der Waals surface area (Å²) >= 11 is 0. The van der Waals surface area contributed by atoms with Crippen LogP contribution in [-0.2, 0) is 0 Å². The second-order valence-corrected chi connectivity index (χ2v) is 5.76. The Labute approximate surface area is 132 Å². The minimum atomic E-state index is 0. The molecule has 0 radical (unpaired) electrons. The van der Waals surface area contributed by atoms with E-state index in [0.717, 1.165) is 32.6 Å². The SMILES string of the molecule is CC(c1ccccc1)N1CCN([C@H]2CCCNC2)C1=O.Cl. The maximum atomic E-state index is 12.6. The smallest absolute Gasteiger partial charge is 0.319 e. The topological polar surface area (TPSA) is 35.6 Å². The van der Waals surface area contributed by atoms with Crippen molar-refractivity contribution in [3.63, 3.8) is 0 Å². The van der Waals surface area contributed by atoms with Crippen LogP contribution < -0.4 is 5.32 Å². The first-order valence-corrected chi connectivity index (χ1v) is 7.60. The van der Waals surface area contributed by atoms with Gasteiger partial charge in [-0.3, -0.25) is 0 Å². The van der Waals surface area contributed by atoms with Gasteiger partial charge in [-0.05, 0) is 31.9 Å². The van der Waals surface area contributed by atoms with E-state index < -0.39 is 0 Å². The van der Waals surface area contributed by atoms with Gasteiger partial charge in [0.2, 0.25) is 0 Å². The summed E-state index contributed by atoms with van der Waals surface area (Å²) in [4.78, 5) is 16.7. The normalized spacial score (nSPS) is 23.9. The maximum absolute atomic E-state index is 12.6.